The highest BCUT2D eigenvalue weighted by Crippen LogP contribution is 2.22. The first-order valence-corrected chi connectivity index (χ1v) is 4.48. The highest BCUT2D eigenvalue weighted by molar-refractivity contribution is 4.84. The summed E-state index contributed by atoms with van der Waals surface area (Å²) in [6, 6.07) is 2.08. The van der Waals surface area contributed by atoms with E-state index in [1.807, 2.05) is 0 Å². The molecule has 1 fully saturated rings. The number of rotatable bonds is 3. The smallest absolute Gasteiger partial charge is 0.257 e. The van der Waals surface area contributed by atoms with Gasteiger partial charge in [-0.15, -0.1) is 0 Å². The molecular weight excluding hydrogens is 174 g/mol. The maximum atomic E-state index is 12.6. The molecule has 0 amide bonds. The summed E-state index contributed by atoms with van der Waals surface area (Å²) in [7, 11) is 0. The molecule has 0 aromatic carbocycles. The molecule has 0 aliphatic carbocycles. The molecule has 2 nitrogen and oxygen atoms in total. The van der Waals surface area contributed by atoms with Crippen LogP contribution in [-0.2, 0) is 0 Å². The number of nitriles is 1. The van der Waals surface area contributed by atoms with Gasteiger partial charge in [0, 0.05) is 19.9 Å². The first-order valence-electron chi connectivity index (χ1n) is 4.48. The standard InChI is InChI=1S/C9H14F2N2/c1-9(10,11)7-13-5-3-8(6-13)2-4-12/h8H,2-3,5-7H2,1H3. The molecule has 0 bridgehead atoms. The first-order chi connectivity index (χ1) is 6.01. The van der Waals surface area contributed by atoms with Crippen molar-refractivity contribution in [2.24, 2.45) is 5.92 Å². The fraction of sp³-hybridized carbons (Fsp3) is 0.889. The normalized spacial score (nSPS) is 24.6. The fourth-order valence-corrected chi connectivity index (χ4v) is 1.74. The van der Waals surface area contributed by atoms with Gasteiger partial charge in [-0.05, 0) is 18.9 Å². The van der Waals surface area contributed by atoms with E-state index in [2.05, 4.69) is 6.07 Å². The predicted octanol–water partition coefficient (Wildman–Crippen LogP) is 1.88. The molecule has 1 rings (SSSR count). The number of nitrogens with zero attached hydrogens (tertiary/aromatic N) is 2. The van der Waals surface area contributed by atoms with Gasteiger partial charge < -0.3 is 0 Å². The van der Waals surface area contributed by atoms with Crippen LogP contribution in [0.25, 0.3) is 0 Å². The molecule has 13 heavy (non-hydrogen) atoms. The summed E-state index contributed by atoms with van der Waals surface area (Å²) < 4.78 is 25.2. The van der Waals surface area contributed by atoms with Gasteiger partial charge in [0.05, 0.1) is 12.6 Å². The molecule has 0 aromatic rings. The summed E-state index contributed by atoms with van der Waals surface area (Å²) >= 11 is 0. The van der Waals surface area contributed by atoms with Crippen LogP contribution in [0.15, 0.2) is 0 Å². The van der Waals surface area contributed by atoms with Crippen molar-refractivity contribution >= 4 is 0 Å². The second-order valence-electron chi connectivity index (χ2n) is 3.82. The Labute approximate surface area is 77.1 Å². The molecule has 74 valence electrons. The Morgan fingerprint density at radius 2 is 2.31 bits per heavy atom. The Hall–Kier alpha value is -0.690. The lowest BCUT2D eigenvalue weighted by Gasteiger charge is -2.19. The van der Waals surface area contributed by atoms with E-state index in [0.29, 0.717) is 25.4 Å². The van der Waals surface area contributed by atoms with Gasteiger partial charge in [0.25, 0.3) is 5.92 Å². The van der Waals surface area contributed by atoms with Gasteiger partial charge in [0.2, 0.25) is 0 Å². The average molecular weight is 188 g/mol. The third-order valence-electron chi connectivity index (χ3n) is 2.25. The van der Waals surface area contributed by atoms with Crippen molar-refractivity contribution in [3.05, 3.63) is 0 Å². The minimum Gasteiger partial charge on any atom is -0.297 e. The number of likely N-dealkylation sites (tertiary alicyclic amines) is 1. The van der Waals surface area contributed by atoms with E-state index in [0.717, 1.165) is 13.3 Å². The summed E-state index contributed by atoms with van der Waals surface area (Å²) in [4.78, 5) is 1.74. The van der Waals surface area contributed by atoms with Crippen molar-refractivity contribution in [3.8, 4) is 6.07 Å². The van der Waals surface area contributed by atoms with E-state index in [1.54, 1.807) is 4.90 Å². The minimum atomic E-state index is -2.61. The van der Waals surface area contributed by atoms with Crippen LogP contribution in [0.2, 0.25) is 0 Å². The molecule has 1 unspecified atom stereocenters. The van der Waals surface area contributed by atoms with Crippen LogP contribution >= 0.6 is 0 Å². The fourth-order valence-electron chi connectivity index (χ4n) is 1.74. The van der Waals surface area contributed by atoms with E-state index in [4.69, 9.17) is 5.26 Å². The Morgan fingerprint density at radius 1 is 1.62 bits per heavy atom. The second kappa shape index (κ2) is 4.01. The number of halogens is 2. The van der Waals surface area contributed by atoms with E-state index in [-0.39, 0.29) is 6.54 Å². The van der Waals surface area contributed by atoms with Crippen LogP contribution < -0.4 is 0 Å². The molecule has 1 saturated heterocycles. The molecular formula is C9H14F2N2. The van der Waals surface area contributed by atoms with E-state index in [1.165, 1.54) is 0 Å². The van der Waals surface area contributed by atoms with Crippen molar-refractivity contribution in [1.29, 1.82) is 5.26 Å². The zero-order valence-corrected chi connectivity index (χ0v) is 7.76. The maximum absolute atomic E-state index is 12.6. The van der Waals surface area contributed by atoms with Crippen LogP contribution in [-0.4, -0.2) is 30.5 Å². The van der Waals surface area contributed by atoms with E-state index in [9.17, 15) is 8.78 Å². The van der Waals surface area contributed by atoms with Gasteiger partial charge in [0.1, 0.15) is 0 Å². The first kappa shape index (κ1) is 10.4. The zero-order chi connectivity index (χ0) is 9.90. The maximum Gasteiger partial charge on any atom is 0.257 e. The topological polar surface area (TPSA) is 27.0 Å². The van der Waals surface area contributed by atoms with Crippen LogP contribution in [0.3, 0.4) is 0 Å². The Morgan fingerprint density at radius 3 is 2.85 bits per heavy atom. The molecule has 1 heterocycles. The Balaban J connectivity index is 2.30. The highest BCUT2D eigenvalue weighted by atomic mass is 19.3. The molecule has 1 atom stereocenters. The van der Waals surface area contributed by atoms with Crippen molar-refractivity contribution in [1.82, 2.24) is 4.90 Å². The third kappa shape index (κ3) is 3.69. The van der Waals surface area contributed by atoms with Gasteiger partial charge in [0.15, 0.2) is 0 Å². The Kier molecular flexibility index (Phi) is 3.21. The molecule has 1 aliphatic rings. The second-order valence-corrected chi connectivity index (χ2v) is 3.82. The van der Waals surface area contributed by atoms with Gasteiger partial charge in [-0.3, -0.25) is 4.90 Å². The van der Waals surface area contributed by atoms with Crippen molar-refractivity contribution < 1.29 is 8.78 Å². The minimum absolute atomic E-state index is 0.172. The van der Waals surface area contributed by atoms with Crippen molar-refractivity contribution in [2.75, 3.05) is 19.6 Å². The van der Waals surface area contributed by atoms with Crippen LogP contribution in [0, 0.1) is 17.2 Å². The van der Waals surface area contributed by atoms with Gasteiger partial charge in [-0.25, -0.2) is 8.78 Å². The molecule has 0 N–H and O–H groups in total. The predicted molar refractivity (Wildman–Crippen MR) is 45.4 cm³/mol. The molecule has 0 radical (unpaired) electrons. The van der Waals surface area contributed by atoms with Crippen molar-refractivity contribution in [2.45, 2.75) is 25.7 Å². The molecule has 0 spiro atoms. The summed E-state index contributed by atoms with van der Waals surface area (Å²) in [6.45, 7) is 2.12. The monoisotopic (exact) mass is 188 g/mol. The van der Waals surface area contributed by atoms with Crippen molar-refractivity contribution in [3.63, 3.8) is 0 Å². The summed E-state index contributed by atoms with van der Waals surface area (Å²) in [5.41, 5.74) is 0. The van der Waals surface area contributed by atoms with Crippen LogP contribution in [0.4, 0.5) is 8.78 Å². The van der Waals surface area contributed by atoms with E-state index < -0.39 is 5.92 Å². The number of hydrogen-bond acceptors (Lipinski definition) is 2. The molecule has 0 saturated carbocycles. The van der Waals surface area contributed by atoms with Gasteiger partial charge in [-0.2, -0.15) is 5.26 Å². The number of hydrogen-bond donors (Lipinski definition) is 0. The highest BCUT2D eigenvalue weighted by Gasteiger charge is 2.30. The SMILES string of the molecule is CC(F)(F)CN1CCC(CC#N)C1. The molecule has 0 aromatic heterocycles. The lowest BCUT2D eigenvalue weighted by atomic mass is 10.1. The molecule has 1 aliphatic heterocycles. The Bertz CT molecular complexity index is 205. The average Bonchev–Trinajstić information content (AvgIpc) is 2.33. The van der Waals surface area contributed by atoms with Crippen LogP contribution in [0.1, 0.15) is 19.8 Å². The largest absolute Gasteiger partial charge is 0.297 e. The number of alkyl halides is 2. The molecule has 4 heteroatoms. The quantitative estimate of drug-likeness (QED) is 0.676. The lowest BCUT2D eigenvalue weighted by molar-refractivity contribution is -0.00933. The van der Waals surface area contributed by atoms with Gasteiger partial charge in [-0.1, -0.05) is 0 Å². The van der Waals surface area contributed by atoms with E-state index >= 15 is 0 Å². The van der Waals surface area contributed by atoms with Crippen LogP contribution in [0.5, 0.6) is 0 Å². The summed E-state index contributed by atoms with van der Waals surface area (Å²) in [6.07, 6.45) is 1.37. The van der Waals surface area contributed by atoms with Gasteiger partial charge >= 0.3 is 0 Å². The zero-order valence-electron chi connectivity index (χ0n) is 7.76. The summed E-state index contributed by atoms with van der Waals surface area (Å²) in [5.74, 6) is -2.31. The third-order valence-corrected chi connectivity index (χ3v) is 2.25. The summed E-state index contributed by atoms with van der Waals surface area (Å²) in [5, 5.41) is 8.43. The lowest BCUT2D eigenvalue weighted by Crippen LogP contribution is -2.33.